The molecule has 116 valence electrons. The first-order chi connectivity index (χ1) is 11.1. The molecule has 0 aliphatic heterocycles. The van der Waals surface area contributed by atoms with E-state index < -0.39 is 5.97 Å². The molecule has 0 radical (unpaired) electrons. The van der Waals surface area contributed by atoms with E-state index in [1.165, 1.54) is 12.1 Å². The Labute approximate surface area is 132 Å². The number of H-pyrrole nitrogens is 1. The Morgan fingerprint density at radius 2 is 1.91 bits per heavy atom. The van der Waals surface area contributed by atoms with Crippen molar-refractivity contribution in [3.63, 3.8) is 0 Å². The topological polar surface area (TPSA) is 86.3 Å². The number of aromatic carboxylic acids is 1. The van der Waals surface area contributed by atoms with Crippen molar-refractivity contribution in [1.82, 2.24) is 15.1 Å². The zero-order valence-corrected chi connectivity index (χ0v) is 12.5. The van der Waals surface area contributed by atoms with Crippen LogP contribution >= 0.6 is 0 Å². The number of para-hydroxylation sites is 1. The number of rotatable bonds is 4. The third kappa shape index (κ3) is 2.91. The van der Waals surface area contributed by atoms with Gasteiger partial charge in [0.1, 0.15) is 0 Å². The molecule has 6 heteroatoms. The van der Waals surface area contributed by atoms with Crippen LogP contribution in [0.3, 0.4) is 0 Å². The molecule has 3 aromatic rings. The first-order valence-corrected chi connectivity index (χ1v) is 7.06. The highest BCUT2D eigenvalue weighted by molar-refractivity contribution is 6.05. The van der Waals surface area contributed by atoms with Gasteiger partial charge in [-0.1, -0.05) is 24.3 Å². The molecular formula is C17H15N3O3. The normalized spacial score (nSPS) is 10.7. The molecule has 2 aromatic carbocycles. The minimum Gasteiger partial charge on any atom is -0.478 e. The molecule has 0 saturated heterocycles. The van der Waals surface area contributed by atoms with Gasteiger partial charge in [0.25, 0.3) is 5.91 Å². The van der Waals surface area contributed by atoms with Crippen molar-refractivity contribution in [2.45, 2.75) is 6.54 Å². The number of fused-ring (bicyclic) bond motifs is 1. The van der Waals surface area contributed by atoms with Crippen LogP contribution < -0.4 is 0 Å². The minimum absolute atomic E-state index is 0.123. The Hall–Kier alpha value is -3.15. The van der Waals surface area contributed by atoms with Gasteiger partial charge < -0.3 is 10.0 Å². The lowest BCUT2D eigenvalue weighted by Gasteiger charge is -2.17. The van der Waals surface area contributed by atoms with Crippen LogP contribution in [0.15, 0.2) is 48.7 Å². The number of hydrogen-bond acceptors (Lipinski definition) is 3. The molecule has 1 aromatic heterocycles. The molecule has 3 rings (SSSR count). The lowest BCUT2D eigenvalue weighted by Crippen LogP contribution is -2.26. The van der Waals surface area contributed by atoms with Crippen LogP contribution in [0.5, 0.6) is 0 Å². The number of carboxylic acids is 1. The van der Waals surface area contributed by atoms with Gasteiger partial charge in [0.2, 0.25) is 0 Å². The van der Waals surface area contributed by atoms with E-state index in [1.54, 1.807) is 36.3 Å². The van der Waals surface area contributed by atoms with Gasteiger partial charge in [-0.15, -0.1) is 0 Å². The summed E-state index contributed by atoms with van der Waals surface area (Å²) < 4.78 is 0. The molecule has 6 nitrogen and oxygen atoms in total. The molecule has 0 fully saturated rings. The number of amides is 1. The Bertz CT molecular complexity index is 868. The summed E-state index contributed by atoms with van der Waals surface area (Å²) in [6.07, 6.45) is 1.68. The molecule has 0 aliphatic carbocycles. The Morgan fingerprint density at radius 3 is 2.61 bits per heavy atom. The van der Waals surface area contributed by atoms with Gasteiger partial charge in [-0.25, -0.2) is 4.79 Å². The summed E-state index contributed by atoms with van der Waals surface area (Å²) in [5.74, 6) is -1.09. The number of benzene rings is 2. The van der Waals surface area contributed by atoms with Crippen LogP contribution in [-0.2, 0) is 6.54 Å². The van der Waals surface area contributed by atoms with E-state index in [1.807, 2.05) is 12.1 Å². The monoisotopic (exact) mass is 309 g/mol. The van der Waals surface area contributed by atoms with Crippen LogP contribution in [0, 0.1) is 0 Å². The van der Waals surface area contributed by atoms with Gasteiger partial charge in [-0.2, -0.15) is 5.10 Å². The Morgan fingerprint density at radius 1 is 1.17 bits per heavy atom. The quantitative estimate of drug-likeness (QED) is 0.775. The summed E-state index contributed by atoms with van der Waals surface area (Å²) in [6, 6.07) is 12.0. The zero-order valence-electron chi connectivity index (χ0n) is 12.5. The SMILES string of the molecule is CN(Cc1ccc(C(=O)O)cc1)C(=O)c1cccc2cn[nH]c12. The van der Waals surface area contributed by atoms with E-state index in [2.05, 4.69) is 10.2 Å². The zero-order chi connectivity index (χ0) is 16.4. The van der Waals surface area contributed by atoms with Crippen LogP contribution in [0.1, 0.15) is 26.3 Å². The highest BCUT2D eigenvalue weighted by atomic mass is 16.4. The Kier molecular flexibility index (Phi) is 3.80. The molecule has 1 amide bonds. The van der Waals surface area contributed by atoms with E-state index in [-0.39, 0.29) is 11.5 Å². The van der Waals surface area contributed by atoms with E-state index in [0.29, 0.717) is 17.6 Å². The fourth-order valence-corrected chi connectivity index (χ4v) is 2.45. The Balaban J connectivity index is 1.80. The van der Waals surface area contributed by atoms with Crippen LogP contribution in [0.2, 0.25) is 0 Å². The maximum Gasteiger partial charge on any atom is 0.335 e. The maximum atomic E-state index is 12.6. The number of carboxylic acid groups (broad SMARTS) is 1. The predicted molar refractivity (Wildman–Crippen MR) is 85.3 cm³/mol. The van der Waals surface area contributed by atoms with Crippen LogP contribution in [0.25, 0.3) is 10.9 Å². The van der Waals surface area contributed by atoms with Crippen molar-refractivity contribution in [3.05, 3.63) is 65.4 Å². The summed E-state index contributed by atoms with van der Waals surface area (Å²) in [4.78, 5) is 25.1. The van der Waals surface area contributed by atoms with E-state index in [9.17, 15) is 9.59 Å². The average Bonchev–Trinajstić information content (AvgIpc) is 3.03. The van der Waals surface area contributed by atoms with Gasteiger partial charge in [0.15, 0.2) is 0 Å². The molecule has 1 heterocycles. The third-order valence-corrected chi connectivity index (χ3v) is 3.67. The molecule has 0 bridgehead atoms. The number of carbonyl (C=O) groups is 2. The smallest absolute Gasteiger partial charge is 0.335 e. The van der Waals surface area contributed by atoms with Gasteiger partial charge in [0.05, 0.1) is 22.8 Å². The molecule has 0 aliphatic rings. The van der Waals surface area contributed by atoms with Crippen molar-refractivity contribution >= 4 is 22.8 Å². The standard InChI is InChI=1S/C17H15N3O3/c1-20(10-11-5-7-12(8-6-11)17(22)23)16(21)14-4-2-3-13-9-18-19-15(13)14/h2-9H,10H2,1H3,(H,18,19)(H,22,23). The van der Waals surface area contributed by atoms with Crippen molar-refractivity contribution in [3.8, 4) is 0 Å². The first-order valence-electron chi connectivity index (χ1n) is 7.06. The summed E-state index contributed by atoms with van der Waals surface area (Å²) in [5.41, 5.74) is 2.36. The van der Waals surface area contributed by atoms with E-state index in [4.69, 9.17) is 5.11 Å². The number of hydrogen-bond donors (Lipinski definition) is 2. The number of aromatic amines is 1. The number of aromatic nitrogens is 2. The van der Waals surface area contributed by atoms with Crippen molar-refractivity contribution in [1.29, 1.82) is 0 Å². The number of nitrogens with one attached hydrogen (secondary N) is 1. The van der Waals surface area contributed by atoms with Crippen LogP contribution in [0.4, 0.5) is 0 Å². The van der Waals surface area contributed by atoms with E-state index in [0.717, 1.165) is 10.9 Å². The summed E-state index contributed by atoms with van der Waals surface area (Å²) >= 11 is 0. The molecule has 23 heavy (non-hydrogen) atoms. The summed E-state index contributed by atoms with van der Waals surface area (Å²) in [6.45, 7) is 0.392. The lowest BCUT2D eigenvalue weighted by molar-refractivity contribution is 0.0695. The summed E-state index contributed by atoms with van der Waals surface area (Å²) in [5, 5.41) is 16.6. The minimum atomic E-state index is -0.966. The second kappa shape index (κ2) is 5.92. The molecule has 0 unspecified atom stereocenters. The van der Waals surface area contributed by atoms with Gasteiger partial charge in [0, 0.05) is 19.0 Å². The second-order valence-corrected chi connectivity index (χ2v) is 5.30. The largest absolute Gasteiger partial charge is 0.478 e. The van der Waals surface area contributed by atoms with Gasteiger partial charge >= 0.3 is 5.97 Å². The predicted octanol–water partition coefficient (Wildman–Crippen LogP) is 2.53. The molecule has 2 N–H and O–H groups in total. The van der Waals surface area contributed by atoms with Gasteiger partial charge in [-0.05, 0) is 23.8 Å². The number of nitrogens with zero attached hydrogens (tertiary/aromatic N) is 2. The van der Waals surface area contributed by atoms with Gasteiger partial charge in [-0.3, -0.25) is 9.89 Å². The highest BCUT2D eigenvalue weighted by Gasteiger charge is 2.16. The van der Waals surface area contributed by atoms with Crippen molar-refractivity contribution < 1.29 is 14.7 Å². The molecule has 0 atom stereocenters. The summed E-state index contributed by atoms with van der Waals surface area (Å²) in [7, 11) is 1.71. The molecular weight excluding hydrogens is 294 g/mol. The second-order valence-electron chi connectivity index (χ2n) is 5.30. The van der Waals surface area contributed by atoms with Crippen molar-refractivity contribution in [2.24, 2.45) is 0 Å². The highest BCUT2D eigenvalue weighted by Crippen LogP contribution is 2.18. The third-order valence-electron chi connectivity index (χ3n) is 3.67. The first kappa shape index (κ1) is 14.8. The molecule has 0 spiro atoms. The maximum absolute atomic E-state index is 12.6. The number of carbonyl (C=O) groups excluding carboxylic acids is 1. The lowest BCUT2D eigenvalue weighted by atomic mass is 10.1. The van der Waals surface area contributed by atoms with Crippen molar-refractivity contribution in [2.75, 3.05) is 7.05 Å². The van der Waals surface area contributed by atoms with E-state index >= 15 is 0 Å². The van der Waals surface area contributed by atoms with Crippen LogP contribution in [-0.4, -0.2) is 39.1 Å². The average molecular weight is 309 g/mol. The fraction of sp³-hybridized carbons (Fsp3) is 0.118. The fourth-order valence-electron chi connectivity index (χ4n) is 2.45. The molecule has 0 saturated carbocycles.